The van der Waals surface area contributed by atoms with Gasteiger partial charge >= 0.3 is 44.6 Å². The third kappa shape index (κ3) is 5.59. The number of benzene rings is 1. The molecule has 1 unspecified atom stereocenters. The van der Waals surface area contributed by atoms with E-state index in [0.29, 0.717) is 5.56 Å². The van der Waals surface area contributed by atoms with Crippen LogP contribution in [0.15, 0.2) is 12.1 Å². The van der Waals surface area contributed by atoms with E-state index < -0.39 is 17.9 Å². The fraction of sp³-hybridized carbons (Fsp3) is 0.429. The van der Waals surface area contributed by atoms with Crippen molar-refractivity contribution in [2.45, 2.75) is 33.8 Å². The third-order valence-corrected chi connectivity index (χ3v) is 2.36. The van der Waals surface area contributed by atoms with Crippen molar-refractivity contribution in [1.82, 2.24) is 0 Å². The van der Waals surface area contributed by atoms with Crippen molar-refractivity contribution in [3.63, 3.8) is 0 Å². The first-order valence-electron chi connectivity index (χ1n) is 5.95. The number of aromatic hydroxyl groups is 1. The molecule has 0 aliphatic rings. The molecule has 0 aliphatic carbocycles. The van der Waals surface area contributed by atoms with E-state index in [1.807, 2.05) is 0 Å². The number of carbonyl (C=O) groups is 2. The molecule has 1 atom stereocenters. The second kappa shape index (κ2) is 8.37. The van der Waals surface area contributed by atoms with Gasteiger partial charge in [0.05, 0.1) is 6.10 Å². The quantitative estimate of drug-likeness (QED) is 0.388. The van der Waals surface area contributed by atoms with Gasteiger partial charge in [0.25, 0.3) is 0 Å². The zero-order valence-corrected chi connectivity index (χ0v) is 14.8. The van der Waals surface area contributed by atoms with E-state index in [0.717, 1.165) is 0 Å². The zero-order chi connectivity index (χ0) is 14.6. The number of esters is 2. The van der Waals surface area contributed by atoms with Crippen LogP contribution in [-0.4, -0.2) is 23.1 Å². The van der Waals surface area contributed by atoms with Crippen LogP contribution in [0.3, 0.4) is 0 Å². The molecule has 6 heteroatoms. The summed E-state index contributed by atoms with van der Waals surface area (Å²) in [6.07, 6.45) is -0.287. The Labute approximate surface area is 143 Å². The first-order valence-corrected chi connectivity index (χ1v) is 5.95. The largest absolute Gasteiger partial charge is 3.00 e. The van der Waals surface area contributed by atoms with Crippen molar-refractivity contribution in [2.75, 3.05) is 0 Å². The maximum atomic E-state index is 11.7. The fourth-order valence-corrected chi connectivity index (χ4v) is 1.26. The summed E-state index contributed by atoms with van der Waals surface area (Å²) in [5.74, 6) is -2.14. The van der Waals surface area contributed by atoms with Crippen molar-refractivity contribution in [2.24, 2.45) is 5.92 Å². The molecule has 104 valence electrons. The number of carbonyl (C=O) groups excluding carboxylic acids is 2. The normalized spacial score (nSPS) is 11.4. The maximum absolute atomic E-state index is 11.7. The van der Waals surface area contributed by atoms with Crippen LogP contribution in [-0.2, 0) is 47.0 Å². The van der Waals surface area contributed by atoms with Gasteiger partial charge in [-0.1, -0.05) is 6.92 Å². The van der Waals surface area contributed by atoms with E-state index >= 15 is 0 Å². The molecule has 1 N–H and O–H groups in total. The Bertz CT molecular complexity index is 484. The second-order valence-electron chi connectivity index (χ2n) is 4.46. The number of hydrogen-bond donors (Lipinski definition) is 1. The number of phenols is 1. The minimum absolute atomic E-state index is 0. The van der Waals surface area contributed by atoms with Gasteiger partial charge in [-0.05, 0) is 20.8 Å². The van der Waals surface area contributed by atoms with E-state index in [9.17, 15) is 14.7 Å². The molecule has 0 aromatic heterocycles. The molecular formula is C14H17O5Y+2. The predicted octanol–water partition coefficient (Wildman–Crippen LogP) is 1.99. The average molecular weight is 354 g/mol. The number of phenolic OH excluding ortho intramolecular Hbond substituents is 1. The fourth-order valence-electron chi connectivity index (χ4n) is 1.26. The van der Waals surface area contributed by atoms with Crippen molar-refractivity contribution < 1.29 is 56.9 Å². The summed E-state index contributed by atoms with van der Waals surface area (Å²) in [6, 6.07) is 5.49. The Morgan fingerprint density at radius 2 is 1.80 bits per heavy atom. The monoisotopic (exact) mass is 354 g/mol. The molecule has 1 aromatic rings. The molecule has 5 nitrogen and oxygen atoms in total. The molecule has 1 aromatic carbocycles. The number of aryl methyl sites for hydroxylation is 1. The first-order chi connectivity index (χ1) is 8.81. The van der Waals surface area contributed by atoms with Gasteiger partial charge in [-0.3, -0.25) is 9.59 Å². The standard InChI is InChI=1S/C14H17O5.Y/c1-8(2)18-13(16)10(4)14(17)19-11-5-6-12(15)9(3)7-11;/h5-6,8,10,15H,1-4H3;/q-1;+3. The zero-order valence-electron chi connectivity index (χ0n) is 12.0. The Morgan fingerprint density at radius 1 is 1.20 bits per heavy atom. The van der Waals surface area contributed by atoms with E-state index in [1.165, 1.54) is 19.1 Å². The topological polar surface area (TPSA) is 72.8 Å². The number of hydrogen-bond acceptors (Lipinski definition) is 5. The first kappa shape index (κ1) is 19.1. The van der Waals surface area contributed by atoms with Crippen LogP contribution in [0.5, 0.6) is 11.5 Å². The van der Waals surface area contributed by atoms with E-state index in [2.05, 4.69) is 6.07 Å². The van der Waals surface area contributed by atoms with Gasteiger partial charge < -0.3 is 14.6 Å². The van der Waals surface area contributed by atoms with Gasteiger partial charge in [0.15, 0.2) is 5.92 Å². The Hall–Kier alpha value is -0.936. The summed E-state index contributed by atoms with van der Waals surface area (Å²) in [4.78, 5) is 23.3. The molecule has 0 saturated heterocycles. The van der Waals surface area contributed by atoms with Crippen molar-refractivity contribution in [1.29, 1.82) is 0 Å². The van der Waals surface area contributed by atoms with Crippen molar-refractivity contribution in [3.8, 4) is 11.5 Å². The van der Waals surface area contributed by atoms with Crippen LogP contribution in [0.25, 0.3) is 0 Å². The molecule has 0 amide bonds. The van der Waals surface area contributed by atoms with E-state index in [4.69, 9.17) is 9.47 Å². The summed E-state index contributed by atoms with van der Waals surface area (Å²) in [7, 11) is 0. The van der Waals surface area contributed by atoms with E-state index in [1.54, 1.807) is 20.8 Å². The van der Waals surface area contributed by atoms with Crippen LogP contribution in [0.2, 0.25) is 0 Å². The summed E-state index contributed by atoms with van der Waals surface area (Å²) in [6.45, 7) is 6.45. The van der Waals surface area contributed by atoms with Crippen LogP contribution in [0.4, 0.5) is 0 Å². The van der Waals surface area contributed by atoms with Gasteiger partial charge in [0.2, 0.25) is 0 Å². The molecule has 0 radical (unpaired) electrons. The minimum atomic E-state index is -1.01. The number of rotatable bonds is 4. The Balaban J connectivity index is 0.00000361. The van der Waals surface area contributed by atoms with Crippen LogP contribution in [0.1, 0.15) is 26.3 Å². The smallest absolute Gasteiger partial charge is 0.565 e. The summed E-state index contributed by atoms with van der Waals surface area (Å²) in [5, 5.41) is 9.33. The van der Waals surface area contributed by atoms with E-state index in [-0.39, 0.29) is 50.3 Å². The van der Waals surface area contributed by atoms with Gasteiger partial charge in [0.1, 0.15) is 0 Å². The maximum Gasteiger partial charge on any atom is 3.00 e. The van der Waals surface area contributed by atoms with Crippen LogP contribution >= 0.6 is 0 Å². The molecule has 0 heterocycles. The SMILES string of the molecule is Cc1[c-]c(OC(=O)C(C)C(=O)OC(C)C)ccc1O.[Y+3]. The van der Waals surface area contributed by atoms with Gasteiger partial charge in [-0.15, -0.1) is 23.8 Å². The van der Waals surface area contributed by atoms with Crippen LogP contribution in [0, 0.1) is 18.9 Å². The Morgan fingerprint density at radius 3 is 2.30 bits per heavy atom. The van der Waals surface area contributed by atoms with Gasteiger partial charge in [0, 0.05) is 11.5 Å². The summed E-state index contributed by atoms with van der Waals surface area (Å²) < 4.78 is 9.93. The van der Waals surface area contributed by atoms with Crippen molar-refractivity contribution in [3.05, 3.63) is 23.8 Å². The third-order valence-electron chi connectivity index (χ3n) is 2.36. The Kier molecular flexibility index (Phi) is 7.98. The molecule has 0 spiro atoms. The molecular weight excluding hydrogens is 337 g/mol. The minimum Gasteiger partial charge on any atom is -0.565 e. The molecule has 20 heavy (non-hydrogen) atoms. The van der Waals surface area contributed by atoms with Gasteiger partial charge in [-0.25, -0.2) is 0 Å². The number of ether oxygens (including phenoxy) is 2. The summed E-state index contributed by atoms with van der Waals surface area (Å²) in [5.41, 5.74) is 0.461. The average Bonchev–Trinajstić information content (AvgIpc) is 2.32. The predicted molar refractivity (Wildman–Crippen MR) is 67.7 cm³/mol. The second-order valence-corrected chi connectivity index (χ2v) is 4.46. The molecule has 0 saturated carbocycles. The van der Waals surface area contributed by atoms with Crippen LogP contribution < -0.4 is 4.74 Å². The molecule has 0 aliphatic heterocycles. The summed E-state index contributed by atoms with van der Waals surface area (Å²) >= 11 is 0. The van der Waals surface area contributed by atoms with Gasteiger partial charge in [-0.2, -0.15) is 0 Å². The van der Waals surface area contributed by atoms with Crippen molar-refractivity contribution >= 4 is 11.9 Å². The molecule has 1 rings (SSSR count). The molecule has 0 bridgehead atoms. The molecule has 0 fully saturated rings.